The van der Waals surface area contributed by atoms with Gasteiger partial charge in [0.05, 0.1) is 0 Å². The van der Waals surface area contributed by atoms with Gasteiger partial charge in [-0.2, -0.15) is 18.3 Å². The van der Waals surface area contributed by atoms with Crippen LogP contribution in [0.2, 0.25) is 0 Å². The van der Waals surface area contributed by atoms with Crippen LogP contribution < -0.4 is 0 Å². The lowest BCUT2D eigenvalue weighted by molar-refractivity contribution is -0.175. The molecule has 35 heavy (non-hydrogen) atoms. The quantitative estimate of drug-likeness (QED) is 0.550. The van der Waals surface area contributed by atoms with Crippen molar-refractivity contribution in [3.8, 4) is 0 Å². The minimum atomic E-state index is -4.36. The number of nitrogens with zero attached hydrogens (tertiary/aromatic N) is 4. The highest BCUT2D eigenvalue weighted by Gasteiger charge is 2.48. The Morgan fingerprint density at radius 2 is 1.69 bits per heavy atom. The third kappa shape index (κ3) is 4.91. The normalized spacial score (nSPS) is 28.6. The predicted molar refractivity (Wildman–Crippen MR) is 124 cm³/mol. The summed E-state index contributed by atoms with van der Waals surface area (Å²) in [6.07, 6.45) is -1.71. The molecule has 0 radical (unpaired) electrons. The summed E-state index contributed by atoms with van der Waals surface area (Å²) in [6, 6.07) is 7.98. The van der Waals surface area contributed by atoms with Crippen molar-refractivity contribution < 1.29 is 22.7 Å². The summed E-state index contributed by atoms with van der Waals surface area (Å²) in [7, 11) is 0. The van der Waals surface area contributed by atoms with Gasteiger partial charge in [-0.25, -0.2) is 14.5 Å². The van der Waals surface area contributed by atoms with Crippen molar-refractivity contribution in [2.24, 2.45) is 17.8 Å². The van der Waals surface area contributed by atoms with E-state index >= 15 is 0 Å². The summed E-state index contributed by atoms with van der Waals surface area (Å²) in [5.74, 6) is 1.54. The molecule has 3 aliphatic rings. The summed E-state index contributed by atoms with van der Waals surface area (Å²) in [6.45, 7) is 6.79. The average Bonchev–Trinajstić information content (AvgIpc) is 3.28. The zero-order valence-electron chi connectivity index (χ0n) is 20.5. The Morgan fingerprint density at radius 1 is 1.03 bits per heavy atom. The standard InChI is InChI=1S/C26H33F3N4O2/c1-25(2,3)35-24(34)32-14-17-9-10-18(15-32)20(17)13-22-30-23-19(16-7-5-4-6-8-16)11-12-21(26(27,28)29)33(23)31-22/h4-8,17-21H,9-15H2,1-3H3/t17-,18+,19?,20?,21?. The Labute approximate surface area is 203 Å². The van der Waals surface area contributed by atoms with Crippen LogP contribution in [-0.4, -0.2) is 50.6 Å². The van der Waals surface area contributed by atoms with Crippen LogP contribution in [-0.2, 0) is 11.2 Å². The Morgan fingerprint density at radius 3 is 2.29 bits per heavy atom. The zero-order valence-corrected chi connectivity index (χ0v) is 20.5. The summed E-state index contributed by atoms with van der Waals surface area (Å²) >= 11 is 0. The zero-order chi connectivity index (χ0) is 25.0. The van der Waals surface area contributed by atoms with Crippen LogP contribution in [0.15, 0.2) is 30.3 Å². The highest BCUT2D eigenvalue weighted by Crippen LogP contribution is 2.46. The first-order valence-corrected chi connectivity index (χ1v) is 12.5. The van der Waals surface area contributed by atoms with Crippen LogP contribution >= 0.6 is 0 Å². The van der Waals surface area contributed by atoms with E-state index in [9.17, 15) is 18.0 Å². The van der Waals surface area contributed by atoms with Crippen LogP contribution in [0.5, 0.6) is 0 Å². The number of halogens is 3. The highest BCUT2D eigenvalue weighted by molar-refractivity contribution is 5.68. The molecular formula is C26H33F3N4O2. The molecule has 5 rings (SSSR count). The molecule has 2 bridgehead atoms. The van der Waals surface area contributed by atoms with Gasteiger partial charge in [-0.05, 0) is 69.8 Å². The van der Waals surface area contributed by atoms with Crippen LogP contribution in [0.25, 0.3) is 0 Å². The SMILES string of the molecule is CC(C)(C)OC(=O)N1C[C@H]2CC[C@@H](C1)C2Cc1nc2n(n1)C(C(F)(F)F)CCC2c1ccccc1. The molecule has 3 unspecified atom stereocenters. The van der Waals surface area contributed by atoms with E-state index in [1.54, 1.807) is 4.90 Å². The van der Waals surface area contributed by atoms with Crippen LogP contribution in [0, 0.1) is 17.8 Å². The van der Waals surface area contributed by atoms with E-state index in [1.807, 2.05) is 51.1 Å². The number of ether oxygens (including phenoxy) is 1. The van der Waals surface area contributed by atoms with Gasteiger partial charge in [0, 0.05) is 25.4 Å². The number of piperidine rings is 1. The molecule has 2 aromatic rings. The molecule has 0 N–H and O–H groups in total. The molecule has 1 saturated carbocycles. The Kier molecular flexibility index (Phi) is 6.08. The monoisotopic (exact) mass is 490 g/mol. The number of aromatic nitrogens is 3. The predicted octanol–water partition coefficient (Wildman–Crippen LogP) is 5.74. The number of rotatable bonds is 3. The van der Waals surface area contributed by atoms with E-state index in [-0.39, 0.29) is 36.2 Å². The molecule has 1 aromatic carbocycles. The van der Waals surface area contributed by atoms with Gasteiger partial charge in [-0.15, -0.1) is 0 Å². The summed E-state index contributed by atoms with van der Waals surface area (Å²) < 4.78 is 48.3. The van der Waals surface area contributed by atoms with Crippen molar-refractivity contribution in [3.05, 3.63) is 47.5 Å². The van der Waals surface area contributed by atoms with Crippen LogP contribution in [0.4, 0.5) is 18.0 Å². The van der Waals surface area contributed by atoms with Gasteiger partial charge in [0.2, 0.25) is 0 Å². The third-order valence-corrected chi connectivity index (χ3v) is 7.72. The van der Waals surface area contributed by atoms with E-state index < -0.39 is 17.8 Å². The molecule has 2 fully saturated rings. The number of carbonyl (C=O) groups is 1. The number of fused-ring (bicyclic) bond motifs is 3. The van der Waals surface area contributed by atoms with E-state index in [0.717, 1.165) is 23.1 Å². The molecule has 3 heterocycles. The number of hydrogen-bond acceptors (Lipinski definition) is 4. The minimum Gasteiger partial charge on any atom is -0.444 e. The third-order valence-electron chi connectivity index (χ3n) is 7.72. The second kappa shape index (κ2) is 8.82. The first kappa shape index (κ1) is 24.1. The fraction of sp³-hybridized carbons (Fsp3) is 0.654. The molecule has 5 atom stereocenters. The number of likely N-dealkylation sites (tertiary alicyclic amines) is 1. The number of alkyl halides is 3. The first-order chi connectivity index (χ1) is 16.5. The lowest BCUT2D eigenvalue weighted by Crippen LogP contribution is -2.47. The number of carbonyl (C=O) groups excluding carboxylic acids is 1. The smallest absolute Gasteiger partial charge is 0.410 e. The largest absolute Gasteiger partial charge is 0.444 e. The molecule has 6 nitrogen and oxygen atoms in total. The van der Waals surface area contributed by atoms with E-state index in [4.69, 9.17) is 9.72 Å². The topological polar surface area (TPSA) is 60.2 Å². The van der Waals surface area contributed by atoms with Gasteiger partial charge in [0.1, 0.15) is 17.5 Å². The van der Waals surface area contributed by atoms with Gasteiger partial charge in [0.15, 0.2) is 5.82 Å². The second-order valence-corrected chi connectivity index (χ2v) is 11.3. The van der Waals surface area contributed by atoms with Gasteiger partial charge >= 0.3 is 12.3 Å². The fourth-order valence-electron chi connectivity index (χ4n) is 6.17. The average molecular weight is 491 g/mol. The Hall–Kier alpha value is -2.58. The summed E-state index contributed by atoms with van der Waals surface area (Å²) in [5.41, 5.74) is 0.426. The van der Waals surface area contributed by atoms with Gasteiger partial charge in [-0.1, -0.05) is 30.3 Å². The fourth-order valence-corrected chi connectivity index (χ4v) is 6.17. The summed E-state index contributed by atoms with van der Waals surface area (Å²) in [4.78, 5) is 19.1. The molecule has 2 aliphatic heterocycles. The first-order valence-electron chi connectivity index (χ1n) is 12.5. The van der Waals surface area contributed by atoms with Crippen molar-refractivity contribution in [2.75, 3.05) is 13.1 Å². The second-order valence-electron chi connectivity index (χ2n) is 11.3. The number of amides is 1. The maximum atomic E-state index is 13.8. The van der Waals surface area contributed by atoms with E-state index in [1.165, 1.54) is 0 Å². The lowest BCUT2D eigenvalue weighted by Gasteiger charge is -2.38. The summed E-state index contributed by atoms with van der Waals surface area (Å²) in [5, 5.41) is 4.45. The molecule has 1 saturated heterocycles. The van der Waals surface area contributed by atoms with Gasteiger partial charge in [0.25, 0.3) is 0 Å². The van der Waals surface area contributed by atoms with Crippen LogP contribution in [0.3, 0.4) is 0 Å². The molecular weight excluding hydrogens is 457 g/mol. The molecule has 1 amide bonds. The maximum Gasteiger partial charge on any atom is 0.410 e. The molecule has 190 valence electrons. The maximum absolute atomic E-state index is 13.8. The minimum absolute atomic E-state index is 0.00160. The lowest BCUT2D eigenvalue weighted by atomic mass is 9.82. The molecule has 1 aromatic heterocycles. The molecule has 0 spiro atoms. The Balaban J connectivity index is 1.37. The van der Waals surface area contributed by atoms with Crippen molar-refractivity contribution in [3.63, 3.8) is 0 Å². The van der Waals surface area contributed by atoms with Crippen molar-refractivity contribution >= 4 is 6.09 Å². The molecule has 1 aliphatic carbocycles. The van der Waals surface area contributed by atoms with Crippen LogP contribution in [0.1, 0.15) is 75.6 Å². The molecule has 9 heteroatoms. The van der Waals surface area contributed by atoms with E-state index in [2.05, 4.69) is 5.10 Å². The van der Waals surface area contributed by atoms with Gasteiger partial charge < -0.3 is 9.64 Å². The van der Waals surface area contributed by atoms with Crippen molar-refractivity contribution in [1.82, 2.24) is 19.7 Å². The van der Waals surface area contributed by atoms with E-state index in [0.29, 0.717) is 37.6 Å². The van der Waals surface area contributed by atoms with Crippen molar-refractivity contribution in [2.45, 2.75) is 76.6 Å². The number of hydrogen-bond donors (Lipinski definition) is 0. The van der Waals surface area contributed by atoms with Crippen molar-refractivity contribution in [1.29, 1.82) is 0 Å². The highest BCUT2D eigenvalue weighted by atomic mass is 19.4. The van der Waals surface area contributed by atoms with Gasteiger partial charge in [-0.3, -0.25) is 0 Å². The Bertz CT molecular complexity index is 1050. The number of benzene rings is 1.